The molecule has 1 atom stereocenters. The van der Waals surface area contributed by atoms with E-state index < -0.39 is 5.92 Å². The molecule has 1 aromatic heterocycles. The summed E-state index contributed by atoms with van der Waals surface area (Å²) in [7, 11) is 3.18. The smallest absolute Gasteiger partial charge is 0.244 e. The Labute approximate surface area is 192 Å². The number of aromatic amines is 1. The summed E-state index contributed by atoms with van der Waals surface area (Å²) in [6.45, 7) is 6.24. The molecule has 2 aromatic carbocycles. The van der Waals surface area contributed by atoms with Gasteiger partial charge in [-0.1, -0.05) is 18.2 Å². The van der Waals surface area contributed by atoms with E-state index in [2.05, 4.69) is 28.4 Å². The van der Waals surface area contributed by atoms with Crippen molar-refractivity contribution in [2.45, 2.75) is 33.3 Å². The summed E-state index contributed by atoms with van der Waals surface area (Å²) in [5.41, 5.74) is 12.1. The van der Waals surface area contributed by atoms with Crippen molar-refractivity contribution in [3.8, 4) is 29.2 Å². The predicted octanol–water partition coefficient (Wildman–Crippen LogP) is 4.15. The standard InChI is InChI=1S/C25H26N4O4/c1-13-9-14(2)17(22-18(11-26)24(27)33-25-21(22)15(3)28-29-25)10-16(13)12-32-23-19(30-4)7-6-8-20(23)31-5/h6-10,22H,12,27H2,1-5H3,(H,28,29). The monoisotopic (exact) mass is 446 g/mol. The minimum absolute atomic E-state index is 0.0676. The highest BCUT2D eigenvalue weighted by Gasteiger charge is 2.35. The highest BCUT2D eigenvalue weighted by molar-refractivity contribution is 5.58. The number of methoxy groups -OCH3 is 2. The van der Waals surface area contributed by atoms with Crippen LogP contribution in [0.25, 0.3) is 0 Å². The number of aryl methyl sites for hydroxylation is 3. The normalized spacial score (nSPS) is 14.8. The molecule has 0 spiro atoms. The Morgan fingerprint density at radius 1 is 1.12 bits per heavy atom. The molecule has 4 rings (SSSR count). The molecule has 0 amide bonds. The first-order valence-electron chi connectivity index (χ1n) is 10.5. The Morgan fingerprint density at radius 3 is 2.45 bits per heavy atom. The van der Waals surface area contributed by atoms with E-state index in [4.69, 9.17) is 24.7 Å². The van der Waals surface area contributed by atoms with Gasteiger partial charge in [0.15, 0.2) is 11.5 Å². The number of benzene rings is 2. The number of allylic oxidation sites excluding steroid dienone is 1. The molecule has 0 saturated heterocycles. The highest BCUT2D eigenvalue weighted by atomic mass is 16.5. The fourth-order valence-corrected chi connectivity index (χ4v) is 4.20. The molecule has 33 heavy (non-hydrogen) atoms. The van der Waals surface area contributed by atoms with Gasteiger partial charge in [-0.25, -0.2) is 0 Å². The third kappa shape index (κ3) is 3.82. The van der Waals surface area contributed by atoms with Crippen LogP contribution in [0.4, 0.5) is 0 Å². The Kier molecular flexibility index (Phi) is 5.88. The van der Waals surface area contributed by atoms with Crippen molar-refractivity contribution in [2.75, 3.05) is 14.2 Å². The number of hydrogen-bond acceptors (Lipinski definition) is 7. The van der Waals surface area contributed by atoms with Crippen LogP contribution in [0.3, 0.4) is 0 Å². The fraction of sp³-hybridized carbons (Fsp3) is 0.280. The lowest BCUT2D eigenvalue weighted by atomic mass is 9.81. The number of rotatable bonds is 6. The zero-order valence-electron chi connectivity index (χ0n) is 19.3. The third-order valence-corrected chi connectivity index (χ3v) is 5.92. The number of nitrogens with zero attached hydrogens (tertiary/aromatic N) is 2. The van der Waals surface area contributed by atoms with E-state index in [0.29, 0.717) is 28.7 Å². The summed E-state index contributed by atoms with van der Waals surface area (Å²) in [5, 5.41) is 17.0. The number of aromatic nitrogens is 2. The second-order valence-corrected chi connectivity index (χ2v) is 7.91. The van der Waals surface area contributed by atoms with Gasteiger partial charge in [-0.05, 0) is 55.2 Å². The van der Waals surface area contributed by atoms with E-state index in [9.17, 15) is 5.26 Å². The molecule has 1 aliphatic heterocycles. The molecular weight excluding hydrogens is 420 g/mol. The quantitative estimate of drug-likeness (QED) is 0.584. The van der Waals surface area contributed by atoms with Crippen molar-refractivity contribution in [1.29, 1.82) is 5.26 Å². The number of nitrogens with two attached hydrogens (primary N) is 1. The number of H-pyrrole nitrogens is 1. The third-order valence-electron chi connectivity index (χ3n) is 5.92. The molecule has 1 aliphatic rings. The summed E-state index contributed by atoms with van der Waals surface area (Å²) >= 11 is 0. The second-order valence-electron chi connectivity index (χ2n) is 7.91. The van der Waals surface area contributed by atoms with Gasteiger partial charge in [0, 0.05) is 11.3 Å². The van der Waals surface area contributed by atoms with Crippen LogP contribution in [-0.2, 0) is 6.61 Å². The maximum atomic E-state index is 9.88. The van der Waals surface area contributed by atoms with Gasteiger partial charge in [-0.2, -0.15) is 5.26 Å². The first-order chi connectivity index (χ1) is 15.9. The molecule has 0 aliphatic carbocycles. The first kappa shape index (κ1) is 22.1. The first-order valence-corrected chi connectivity index (χ1v) is 10.5. The van der Waals surface area contributed by atoms with Gasteiger partial charge < -0.3 is 24.7 Å². The maximum Gasteiger partial charge on any atom is 0.244 e. The number of nitrogens with one attached hydrogen (secondary N) is 1. The summed E-state index contributed by atoms with van der Waals surface area (Å²) in [5.74, 6) is 1.78. The predicted molar refractivity (Wildman–Crippen MR) is 122 cm³/mol. The van der Waals surface area contributed by atoms with E-state index in [1.807, 2.05) is 39.0 Å². The number of ether oxygens (including phenoxy) is 4. The minimum Gasteiger partial charge on any atom is -0.493 e. The van der Waals surface area contributed by atoms with Crippen LogP contribution in [0.1, 0.15) is 39.4 Å². The van der Waals surface area contributed by atoms with E-state index >= 15 is 0 Å². The van der Waals surface area contributed by atoms with Gasteiger partial charge in [-0.15, -0.1) is 5.10 Å². The molecule has 0 bridgehead atoms. The van der Waals surface area contributed by atoms with Crippen LogP contribution >= 0.6 is 0 Å². The molecular formula is C25H26N4O4. The van der Waals surface area contributed by atoms with Crippen LogP contribution < -0.4 is 24.7 Å². The molecule has 8 heteroatoms. The minimum atomic E-state index is -0.391. The molecule has 170 valence electrons. The molecule has 0 saturated carbocycles. The van der Waals surface area contributed by atoms with Crippen LogP contribution in [0, 0.1) is 32.1 Å². The van der Waals surface area contributed by atoms with Crippen molar-refractivity contribution in [2.24, 2.45) is 5.73 Å². The summed E-state index contributed by atoms with van der Waals surface area (Å²) in [6.07, 6.45) is 0. The van der Waals surface area contributed by atoms with Gasteiger partial charge in [0.05, 0.1) is 20.1 Å². The number of fused-ring (bicyclic) bond motifs is 1. The number of hydrogen-bond donors (Lipinski definition) is 2. The summed E-state index contributed by atoms with van der Waals surface area (Å²) in [4.78, 5) is 0. The molecule has 2 heterocycles. The molecule has 3 N–H and O–H groups in total. The van der Waals surface area contributed by atoms with Gasteiger partial charge >= 0.3 is 0 Å². The maximum absolute atomic E-state index is 9.88. The van der Waals surface area contributed by atoms with E-state index in [0.717, 1.165) is 33.5 Å². The highest BCUT2D eigenvalue weighted by Crippen LogP contribution is 2.44. The zero-order chi connectivity index (χ0) is 23.7. The zero-order valence-corrected chi connectivity index (χ0v) is 19.3. The average molecular weight is 447 g/mol. The fourth-order valence-electron chi connectivity index (χ4n) is 4.20. The molecule has 0 fully saturated rings. The van der Waals surface area contributed by atoms with Gasteiger partial charge in [0.25, 0.3) is 0 Å². The van der Waals surface area contributed by atoms with Crippen molar-refractivity contribution in [3.05, 3.63) is 75.3 Å². The van der Waals surface area contributed by atoms with Gasteiger partial charge in [0.1, 0.15) is 18.2 Å². The van der Waals surface area contributed by atoms with Crippen molar-refractivity contribution in [3.63, 3.8) is 0 Å². The molecule has 1 unspecified atom stereocenters. The Balaban J connectivity index is 1.77. The van der Waals surface area contributed by atoms with Crippen LogP contribution in [0.5, 0.6) is 23.1 Å². The van der Waals surface area contributed by atoms with E-state index in [1.54, 1.807) is 14.2 Å². The number of para-hydroxylation sites is 1. The van der Waals surface area contributed by atoms with Crippen LogP contribution in [0.2, 0.25) is 0 Å². The van der Waals surface area contributed by atoms with E-state index in [-0.39, 0.29) is 12.5 Å². The topological polar surface area (TPSA) is 115 Å². The average Bonchev–Trinajstić information content (AvgIpc) is 3.17. The largest absolute Gasteiger partial charge is 0.493 e. The lowest BCUT2D eigenvalue weighted by Crippen LogP contribution is -2.21. The summed E-state index contributed by atoms with van der Waals surface area (Å²) in [6, 6.07) is 11.9. The Bertz CT molecular complexity index is 1260. The molecule has 8 nitrogen and oxygen atoms in total. The van der Waals surface area contributed by atoms with Crippen LogP contribution in [-0.4, -0.2) is 24.4 Å². The summed E-state index contributed by atoms with van der Waals surface area (Å²) < 4.78 is 22.6. The van der Waals surface area contributed by atoms with Gasteiger partial charge in [-0.3, -0.25) is 5.10 Å². The second kappa shape index (κ2) is 8.79. The van der Waals surface area contributed by atoms with Crippen molar-refractivity contribution >= 4 is 0 Å². The number of nitriles is 1. The Hall–Kier alpha value is -4.12. The van der Waals surface area contributed by atoms with Crippen molar-refractivity contribution < 1.29 is 18.9 Å². The Morgan fingerprint density at radius 2 is 1.82 bits per heavy atom. The SMILES string of the molecule is COc1cccc(OC)c1OCc1cc(C2C(C#N)=C(N)Oc3n[nH]c(C)c32)c(C)cc1C. The lowest BCUT2D eigenvalue weighted by molar-refractivity contribution is 0.265. The van der Waals surface area contributed by atoms with Gasteiger partial charge in [0.2, 0.25) is 17.5 Å². The van der Waals surface area contributed by atoms with Crippen LogP contribution in [0.15, 0.2) is 41.8 Å². The lowest BCUT2D eigenvalue weighted by Gasteiger charge is -2.26. The van der Waals surface area contributed by atoms with E-state index in [1.165, 1.54) is 0 Å². The molecule has 0 radical (unpaired) electrons. The van der Waals surface area contributed by atoms with Crippen molar-refractivity contribution in [1.82, 2.24) is 10.2 Å². The molecule has 3 aromatic rings.